The molecular weight excluding hydrogens is 486 g/mol. The van der Waals surface area contributed by atoms with Gasteiger partial charge in [-0.05, 0) is 60.0 Å². The van der Waals surface area contributed by atoms with Crippen LogP contribution in [0.25, 0.3) is 0 Å². The van der Waals surface area contributed by atoms with Crippen LogP contribution >= 0.6 is 0 Å². The molecule has 3 N–H and O–H groups in total. The van der Waals surface area contributed by atoms with Gasteiger partial charge in [0.05, 0.1) is 25.0 Å². The van der Waals surface area contributed by atoms with Crippen LogP contribution in [-0.2, 0) is 31.4 Å². The van der Waals surface area contributed by atoms with Crippen molar-refractivity contribution in [3.05, 3.63) is 82.7 Å². The fourth-order valence-electron chi connectivity index (χ4n) is 4.73. The van der Waals surface area contributed by atoms with Crippen LogP contribution in [0.15, 0.2) is 54.7 Å². The van der Waals surface area contributed by atoms with Crippen molar-refractivity contribution in [1.29, 1.82) is 0 Å². The standard InChI is InChI=1S/C28H33N5O5/c1-32-23(8-9-31-32)18-38-24-7-6-21-15-25(29-16-22(21)14-24)26(34)17-30-27(35)19-2-4-20(5-3-19)28(36)33-10-12-37-13-11-33/h2-9,14,25-26,29,34H,10-13,15-18H2,1H3,(H,30,35)/t25-,26+/m0/s1. The number of carbonyl (C=O) groups is 2. The molecule has 2 aliphatic heterocycles. The third-order valence-electron chi connectivity index (χ3n) is 7.11. The predicted molar refractivity (Wildman–Crippen MR) is 140 cm³/mol. The molecule has 200 valence electrons. The minimum Gasteiger partial charge on any atom is -0.487 e. The highest BCUT2D eigenvalue weighted by atomic mass is 16.5. The first kappa shape index (κ1) is 25.9. The smallest absolute Gasteiger partial charge is 0.254 e. The minimum atomic E-state index is -0.755. The number of amides is 2. The van der Waals surface area contributed by atoms with Crippen LogP contribution in [0.3, 0.4) is 0 Å². The SMILES string of the molecule is Cn1nccc1COc1ccc2c(c1)CN[C@H]([C@H](O)CNC(=O)c1ccc(C(=O)N3CCOCC3)cc1)C2. The Hall–Kier alpha value is -3.73. The first-order valence-electron chi connectivity index (χ1n) is 12.9. The van der Waals surface area contributed by atoms with Crippen molar-refractivity contribution in [1.82, 2.24) is 25.3 Å². The molecule has 1 saturated heterocycles. The summed E-state index contributed by atoms with van der Waals surface area (Å²) < 4.78 is 13.0. The molecule has 0 bridgehead atoms. The molecule has 1 fully saturated rings. The summed E-state index contributed by atoms with van der Waals surface area (Å²) in [5.74, 6) is 0.433. The van der Waals surface area contributed by atoms with E-state index in [0.717, 1.165) is 22.6 Å². The Morgan fingerprint density at radius 3 is 2.63 bits per heavy atom. The maximum Gasteiger partial charge on any atom is 0.254 e. The van der Waals surface area contributed by atoms with Crippen molar-refractivity contribution < 1.29 is 24.2 Å². The van der Waals surface area contributed by atoms with Gasteiger partial charge in [0, 0.05) is 56.6 Å². The lowest BCUT2D eigenvalue weighted by Crippen LogP contribution is -2.49. The summed E-state index contributed by atoms with van der Waals surface area (Å²) >= 11 is 0. The summed E-state index contributed by atoms with van der Waals surface area (Å²) in [6, 6.07) is 14.3. The number of nitrogens with one attached hydrogen (secondary N) is 2. The van der Waals surface area contributed by atoms with Gasteiger partial charge < -0.3 is 30.1 Å². The Morgan fingerprint density at radius 1 is 1.13 bits per heavy atom. The van der Waals surface area contributed by atoms with E-state index < -0.39 is 6.10 Å². The van der Waals surface area contributed by atoms with Gasteiger partial charge in [0.15, 0.2) is 0 Å². The third kappa shape index (κ3) is 6.04. The Kier molecular flexibility index (Phi) is 8.02. The van der Waals surface area contributed by atoms with Crippen LogP contribution in [0, 0.1) is 0 Å². The fourth-order valence-corrected chi connectivity index (χ4v) is 4.73. The van der Waals surface area contributed by atoms with Crippen LogP contribution in [0.2, 0.25) is 0 Å². The van der Waals surface area contributed by atoms with E-state index in [1.54, 1.807) is 40.0 Å². The molecule has 0 radical (unpaired) electrons. The zero-order valence-electron chi connectivity index (χ0n) is 21.4. The number of morpholine rings is 1. The largest absolute Gasteiger partial charge is 0.487 e. The number of aliphatic hydroxyl groups is 1. The summed E-state index contributed by atoms with van der Waals surface area (Å²) in [5.41, 5.74) is 4.25. The third-order valence-corrected chi connectivity index (χ3v) is 7.11. The van der Waals surface area contributed by atoms with Crippen molar-refractivity contribution in [2.75, 3.05) is 32.8 Å². The lowest BCUT2D eigenvalue weighted by Gasteiger charge is -2.30. The molecule has 0 unspecified atom stereocenters. The Morgan fingerprint density at radius 2 is 1.89 bits per heavy atom. The monoisotopic (exact) mass is 519 g/mol. The molecule has 38 heavy (non-hydrogen) atoms. The summed E-state index contributed by atoms with van der Waals surface area (Å²) in [6.07, 6.45) is 1.64. The van der Waals surface area contributed by atoms with Gasteiger partial charge in [-0.15, -0.1) is 0 Å². The second-order valence-electron chi connectivity index (χ2n) is 9.62. The van der Waals surface area contributed by atoms with Crippen LogP contribution in [0.1, 0.15) is 37.5 Å². The van der Waals surface area contributed by atoms with Gasteiger partial charge >= 0.3 is 0 Å². The minimum absolute atomic E-state index is 0.0635. The van der Waals surface area contributed by atoms with Crippen LogP contribution in [0.4, 0.5) is 0 Å². The number of ether oxygens (including phenoxy) is 2. The van der Waals surface area contributed by atoms with Crippen molar-refractivity contribution >= 4 is 11.8 Å². The number of fused-ring (bicyclic) bond motifs is 1. The normalized spacial score (nSPS) is 17.9. The Labute approximate surface area is 221 Å². The van der Waals surface area contributed by atoms with E-state index in [2.05, 4.69) is 15.7 Å². The lowest BCUT2D eigenvalue weighted by atomic mass is 9.92. The number of nitrogens with zero attached hydrogens (tertiary/aromatic N) is 3. The topological polar surface area (TPSA) is 118 Å². The summed E-state index contributed by atoms with van der Waals surface area (Å²) in [4.78, 5) is 27.0. The van der Waals surface area contributed by atoms with Crippen molar-refractivity contribution in [3.63, 3.8) is 0 Å². The van der Waals surface area contributed by atoms with Gasteiger partial charge in [-0.2, -0.15) is 5.10 Å². The van der Waals surface area contributed by atoms with Gasteiger partial charge in [-0.25, -0.2) is 0 Å². The number of benzene rings is 2. The highest BCUT2D eigenvalue weighted by Gasteiger charge is 2.25. The highest BCUT2D eigenvalue weighted by molar-refractivity contribution is 5.97. The molecule has 2 aliphatic rings. The summed E-state index contributed by atoms with van der Waals surface area (Å²) in [7, 11) is 1.88. The molecule has 0 spiro atoms. The average Bonchev–Trinajstić information content (AvgIpc) is 3.38. The van der Waals surface area contributed by atoms with Crippen molar-refractivity contribution in [2.45, 2.75) is 31.7 Å². The Bertz CT molecular complexity index is 1270. The molecule has 0 aliphatic carbocycles. The van der Waals surface area contributed by atoms with Crippen LogP contribution in [0.5, 0.6) is 5.75 Å². The molecule has 2 amide bonds. The van der Waals surface area contributed by atoms with Gasteiger partial charge in [0.25, 0.3) is 11.8 Å². The number of carbonyl (C=O) groups excluding carboxylic acids is 2. The van der Waals surface area contributed by atoms with Crippen molar-refractivity contribution in [2.24, 2.45) is 7.05 Å². The first-order chi connectivity index (χ1) is 18.5. The number of rotatable bonds is 8. The van der Waals surface area contributed by atoms with Gasteiger partial charge in [0.1, 0.15) is 12.4 Å². The van der Waals surface area contributed by atoms with E-state index in [0.29, 0.717) is 57.0 Å². The molecular formula is C28H33N5O5. The molecule has 1 aromatic heterocycles. The predicted octanol–water partition coefficient (Wildman–Crippen LogP) is 1.28. The molecule has 10 nitrogen and oxygen atoms in total. The second kappa shape index (κ2) is 11.8. The molecule has 2 atom stereocenters. The number of hydrogen-bond donors (Lipinski definition) is 3. The molecule has 3 aromatic rings. The second-order valence-corrected chi connectivity index (χ2v) is 9.62. The van der Waals surface area contributed by atoms with E-state index >= 15 is 0 Å². The molecule has 0 saturated carbocycles. The molecule has 2 aromatic carbocycles. The van der Waals surface area contributed by atoms with Crippen LogP contribution in [-0.4, -0.2) is 76.6 Å². The van der Waals surface area contributed by atoms with E-state index in [1.807, 2.05) is 31.3 Å². The summed E-state index contributed by atoms with van der Waals surface area (Å²) in [5, 5.41) is 21.1. The van der Waals surface area contributed by atoms with Gasteiger partial charge in [-0.1, -0.05) is 6.07 Å². The number of aryl methyl sites for hydroxylation is 1. The lowest BCUT2D eigenvalue weighted by molar-refractivity contribution is 0.0303. The molecule has 10 heteroatoms. The van der Waals surface area contributed by atoms with Gasteiger partial charge in [-0.3, -0.25) is 14.3 Å². The zero-order chi connectivity index (χ0) is 26.5. The summed E-state index contributed by atoms with van der Waals surface area (Å²) in [6.45, 7) is 3.38. The molecule has 3 heterocycles. The highest BCUT2D eigenvalue weighted by Crippen LogP contribution is 2.24. The maximum absolute atomic E-state index is 12.6. The van der Waals surface area contributed by atoms with Crippen molar-refractivity contribution in [3.8, 4) is 5.75 Å². The van der Waals surface area contributed by atoms with Crippen LogP contribution < -0.4 is 15.4 Å². The quantitative estimate of drug-likeness (QED) is 0.410. The first-order valence-corrected chi connectivity index (χ1v) is 12.9. The average molecular weight is 520 g/mol. The zero-order valence-corrected chi connectivity index (χ0v) is 21.4. The van der Waals surface area contributed by atoms with E-state index in [-0.39, 0.29) is 24.4 Å². The Balaban J connectivity index is 1.10. The molecule has 5 rings (SSSR count). The van der Waals surface area contributed by atoms with E-state index in [1.165, 1.54) is 0 Å². The fraction of sp³-hybridized carbons (Fsp3) is 0.393. The van der Waals surface area contributed by atoms with Gasteiger partial charge in [0.2, 0.25) is 0 Å². The van der Waals surface area contributed by atoms with E-state index in [4.69, 9.17) is 9.47 Å². The maximum atomic E-state index is 12.6. The number of aliphatic hydroxyl groups excluding tert-OH is 1. The number of hydrogen-bond acceptors (Lipinski definition) is 7. The van der Waals surface area contributed by atoms with E-state index in [9.17, 15) is 14.7 Å². The number of aromatic nitrogens is 2.